The Kier molecular flexibility index (Phi) is 6.38. The largest absolute Gasteiger partial charge is 0.411 e. The van der Waals surface area contributed by atoms with Gasteiger partial charge in [0.2, 0.25) is 0 Å². The summed E-state index contributed by atoms with van der Waals surface area (Å²) in [5, 5.41) is 3.40. The second kappa shape index (κ2) is 7.31. The number of nitrogens with zero attached hydrogens (tertiary/aromatic N) is 1. The number of rotatable bonds is 6. The van der Waals surface area contributed by atoms with Gasteiger partial charge >= 0.3 is 6.18 Å². The smallest absolute Gasteiger partial charge is 0.372 e. The van der Waals surface area contributed by atoms with Crippen LogP contribution in [-0.2, 0) is 4.74 Å². The predicted octanol–water partition coefficient (Wildman–Crippen LogP) is 1.89. The topological polar surface area (TPSA) is 24.5 Å². The standard InChI is InChI=1S/C12H23F3N2O/c1-10-8-17(2)6-4-11(10)16-5-3-7-18-9-12(13,14)15/h10-11,16H,3-9H2,1-2H3. The highest BCUT2D eigenvalue weighted by Crippen LogP contribution is 2.16. The number of ether oxygens (including phenoxy) is 1. The molecule has 0 amide bonds. The molecule has 1 N–H and O–H groups in total. The molecule has 2 atom stereocenters. The Balaban J connectivity index is 2.01. The minimum absolute atomic E-state index is 0.160. The van der Waals surface area contributed by atoms with Crippen LogP contribution < -0.4 is 5.32 Å². The van der Waals surface area contributed by atoms with Crippen molar-refractivity contribution in [1.29, 1.82) is 0 Å². The van der Waals surface area contributed by atoms with Crippen molar-refractivity contribution in [2.24, 2.45) is 5.92 Å². The maximum Gasteiger partial charge on any atom is 0.411 e. The van der Waals surface area contributed by atoms with Gasteiger partial charge in [0, 0.05) is 19.2 Å². The van der Waals surface area contributed by atoms with Crippen LogP contribution in [0.2, 0.25) is 0 Å². The average Bonchev–Trinajstić information content (AvgIpc) is 2.24. The van der Waals surface area contributed by atoms with E-state index in [9.17, 15) is 13.2 Å². The van der Waals surface area contributed by atoms with Crippen LogP contribution in [0.1, 0.15) is 19.8 Å². The Morgan fingerprint density at radius 3 is 2.72 bits per heavy atom. The van der Waals surface area contributed by atoms with Crippen molar-refractivity contribution < 1.29 is 17.9 Å². The third-order valence-corrected chi connectivity index (χ3v) is 3.25. The molecule has 1 aliphatic rings. The van der Waals surface area contributed by atoms with Gasteiger partial charge in [0.25, 0.3) is 0 Å². The third kappa shape index (κ3) is 6.56. The Hall–Kier alpha value is -0.330. The highest BCUT2D eigenvalue weighted by atomic mass is 19.4. The molecule has 1 aliphatic heterocycles. The molecule has 0 aromatic rings. The maximum atomic E-state index is 11.8. The van der Waals surface area contributed by atoms with Crippen molar-refractivity contribution in [3.05, 3.63) is 0 Å². The minimum Gasteiger partial charge on any atom is -0.372 e. The molecule has 0 radical (unpaired) electrons. The van der Waals surface area contributed by atoms with Gasteiger partial charge in [0.15, 0.2) is 0 Å². The van der Waals surface area contributed by atoms with Gasteiger partial charge in [0.1, 0.15) is 6.61 Å². The van der Waals surface area contributed by atoms with Gasteiger partial charge in [-0.3, -0.25) is 0 Å². The molecule has 0 bridgehead atoms. The van der Waals surface area contributed by atoms with E-state index >= 15 is 0 Å². The fraction of sp³-hybridized carbons (Fsp3) is 1.00. The number of piperidine rings is 1. The molecule has 0 aromatic heterocycles. The fourth-order valence-corrected chi connectivity index (χ4v) is 2.31. The summed E-state index contributed by atoms with van der Waals surface area (Å²) in [6.45, 7) is 4.09. The van der Waals surface area contributed by atoms with Crippen LogP contribution in [0.5, 0.6) is 0 Å². The summed E-state index contributed by atoms with van der Waals surface area (Å²) in [5.74, 6) is 0.583. The lowest BCUT2D eigenvalue weighted by Crippen LogP contribution is -2.47. The summed E-state index contributed by atoms with van der Waals surface area (Å²) in [7, 11) is 2.11. The second-order valence-electron chi connectivity index (χ2n) is 5.11. The molecular formula is C12H23F3N2O. The lowest BCUT2D eigenvalue weighted by Gasteiger charge is -2.35. The molecule has 1 heterocycles. The van der Waals surface area contributed by atoms with E-state index in [1.165, 1.54) is 0 Å². The number of hydrogen-bond acceptors (Lipinski definition) is 3. The summed E-state index contributed by atoms with van der Waals surface area (Å²) in [5.41, 5.74) is 0. The van der Waals surface area contributed by atoms with E-state index in [-0.39, 0.29) is 6.61 Å². The summed E-state index contributed by atoms with van der Waals surface area (Å²) >= 11 is 0. The number of likely N-dealkylation sites (tertiary alicyclic amines) is 1. The van der Waals surface area contributed by atoms with E-state index in [1.807, 2.05) is 0 Å². The molecule has 6 heteroatoms. The molecule has 2 unspecified atom stereocenters. The summed E-state index contributed by atoms with van der Waals surface area (Å²) in [6, 6.07) is 0.476. The van der Waals surface area contributed by atoms with E-state index in [2.05, 4.69) is 28.9 Å². The predicted molar refractivity (Wildman–Crippen MR) is 64.6 cm³/mol. The van der Waals surface area contributed by atoms with Crippen LogP contribution in [0.25, 0.3) is 0 Å². The Labute approximate surface area is 107 Å². The number of nitrogens with one attached hydrogen (secondary N) is 1. The fourth-order valence-electron chi connectivity index (χ4n) is 2.31. The number of alkyl halides is 3. The highest BCUT2D eigenvalue weighted by Gasteiger charge is 2.27. The molecule has 1 fully saturated rings. The Bertz CT molecular complexity index is 236. The molecule has 3 nitrogen and oxygen atoms in total. The van der Waals surface area contributed by atoms with E-state index in [0.29, 0.717) is 18.4 Å². The number of hydrogen-bond donors (Lipinski definition) is 1. The first-order valence-electron chi connectivity index (χ1n) is 6.45. The zero-order chi connectivity index (χ0) is 13.6. The molecule has 0 aromatic carbocycles. The van der Waals surface area contributed by atoms with E-state index in [4.69, 9.17) is 0 Å². The monoisotopic (exact) mass is 268 g/mol. The molecule has 108 valence electrons. The second-order valence-corrected chi connectivity index (χ2v) is 5.11. The van der Waals surface area contributed by atoms with E-state index < -0.39 is 12.8 Å². The van der Waals surface area contributed by atoms with Gasteiger partial charge in [0.05, 0.1) is 0 Å². The van der Waals surface area contributed by atoms with Crippen molar-refractivity contribution in [1.82, 2.24) is 10.2 Å². The zero-order valence-electron chi connectivity index (χ0n) is 11.1. The Morgan fingerprint density at radius 1 is 1.39 bits per heavy atom. The van der Waals surface area contributed by atoms with Crippen LogP contribution in [0.4, 0.5) is 13.2 Å². The SMILES string of the molecule is CC1CN(C)CCC1NCCCOCC(F)(F)F. The molecule has 0 saturated carbocycles. The maximum absolute atomic E-state index is 11.8. The van der Waals surface area contributed by atoms with Crippen molar-refractivity contribution >= 4 is 0 Å². The van der Waals surface area contributed by atoms with Crippen molar-refractivity contribution in [3.8, 4) is 0 Å². The van der Waals surface area contributed by atoms with Crippen molar-refractivity contribution in [2.45, 2.75) is 32.0 Å². The molecular weight excluding hydrogens is 245 g/mol. The first-order valence-corrected chi connectivity index (χ1v) is 6.45. The normalized spacial score (nSPS) is 26.5. The van der Waals surface area contributed by atoms with Crippen LogP contribution in [0, 0.1) is 5.92 Å². The third-order valence-electron chi connectivity index (χ3n) is 3.25. The molecule has 1 saturated heterocycles. The minimum atomic E-state index is -4.21. The molecule has 0 aliphatic carbocycles. The Morgan fingerprint density at radius 2 is 2.11 bits per heavy atom. The van der Waals surface area contributed by atoms with Crippen LogP contribution in [-0.4, -0.2) is 57.0 Å². The summed E-state index contributed by atoms with van der Waals surface area (Å²) in [6.07, 6.45) is -2.49. The lowest BCUT2D eigenvalue weighted by atomic mass is 9.94. The summed E-state index contributed by atoms with van der Waals surface area (Å²) in [4.78, 5) is 2.30. The van der Waals surface area contributed by atoms with Gasteiger partial charge in [-0.1, -0.05) is 6.92 Å². The van der Waals surface area contributed by atoms with Gasteiger partial charge in [-0.25, -0.2) is 0 Å². The van der Waals surface area contributed by atoms with Gasteiger partial charge in [-0.15, -0.1) is 0 Å². The first kappa shape index (κ1) is 15.7. The highest BCUT2D eigenvalue weighted by molar-refractivity contribution is 4.81. The first-order chi connectivity index (χ1) is 8.38. The quantitative estimate of drug-likeness (QED) is 0.744. The van der Waals surface area contributed by atoms with E-state index in [1.54, 1.807) is 0 Å². The van der Waals surface area contributed by atoms with Crippen LogP contribution in [0.3, 0.4) is 0 Å². The van der Waals surface area contributed by atoms with E-state index in [0.717, 1.165) is 26.1 Å². The zero-order valence-corrected chi connectivity index (χ0v) is 11.1. The van der Waals surface area contributed by atoms with Gasteiger partial charge < -0.3 is 15.0 Å². The molecule has 1 rings (SSSR count). The van der Waals surface area contributed by atoms with Crippen LogP contribution in [0.15, 0.2) is 0 Å². The molecule has 0 spiro atoms. The molecule has 18 heavy (non-hydrogen) atoms. The van der Waals surface area contributed by atoms with Crippen molar-refractivity contribution in [2.75, 3.05) is 39.9 Å². The van der Waals surface area contributed by atoms with Gasteiger partial charge in [-0.05, 0) is 38.9 Å². The van der Waals surface area contributed by atoms with Crippen LogP contribution >= 0.6 is 0 Å². The lowest BCUT2D eigenvalue weighted by molar-refractivity contribution is -0.174. The summed E-state index contributed by atoms with van der Waals surface area (Å²) < 4.78 is 40.0. The average molecular weight is 268 g/mol. The number of halogens is 3. The van der Waals surface area contributed by atoms with Gasteiger partial charge in [-0.2, -0.15) is 13.2 Å². The van der Waals surface area contributed by atoms with Crippen molar-refractivity contribution in [3.63, 3.8) is 0 Å².